The Kier molecular flexibility index (Phi) is 2.67. The van der Waals surface area contributed by atoms with E-state index >= 15 is 0 Å². The molecule has 19 heavy (non-hydrogen) atoms. The minimum Gasteiger partial charge on any atom is -0.383 e. The van der Waals surface area contributed by atoms with Crippen LogP contribution in [0.3, 0.4) is 0 Å². The molecule has 2 N–H and O–H groups in total. The maximum Gasteiger partial charge on any atom is 0.254 e. The monoisotopic (exact) mass is 254 g/mol. The highest BCUT2D eigenvalue weighted by molar-refractivity contribution is 5.94. The van der Waals surface area contributed by atoms with Crippen molar-refractivity contribution in [1.29, 1.82) is 0 Å². The second-order valence-corrected chi connectivity index (χ2v) is 4.60. The first-order valence-electron chi connectivity index (χ1n) is 6.13. The third-order valence-electron chi connectivity index (χ3n) is 3.49. The third-order valence-corrected chi connectivity index (χ3v) is 3.49. The molecule has 96 valence electrons. The molecule has 0 radical (unpaired) electrons. The van der Waals surface area contributed by atoms with E-state index in [2.05, 4.69) is 9.97 Å². The van der Waals surface area contributed by atoms with Crippen LogP contribution >= 0.6 is 0 Å². The van der Waals surface area contributed by atoms with E-state index < -0.39 is 0 Å². The number of nitrogens with two attached hydrogens (primary N) is 1. The van der Waals surface area contributed by atoms with Crippen molar-refractivity contribution in [2.24, 2.45) is 0 Å². The highest BCUT2D eigenvalue weighted by Gasteiger charge is 2.33. The zero-order valence-corrected chi connectivity index (χ0v) is 10.6. The lowest BCUT2D eigenvalue weighted by Gasteiger charge is -2.21. The van der Waals surface area contributed by atoms with Crippen molar-refractivity contribution in [3.8, 4) is 0 Å². The molecule has 1 amide bonds. The number of hydrogen-bond acceptors (Lipinski definition) is 4. The first-order valence-corrected chi connectivity index (χ1v) is 6.13. The van der Waals surface area contributed by atoms with E-state index in [9.17, 15) is 4.79 Å². The Labute approximate surface area is 111 Å². The van der Waals surface area contributed by atoms with Gasteiger partial charge in [-0.2, -0.15) is 0 Å². The van der Waals surface area contributed by atoms with Gasteiger partial charge < -0.3 is 10.6 Å². The van der Waals surface area contributed by atoms with E-state index in [0.29, 0.717) is 17.9 Å². The van der Waals surface area contributed by atoms with Gasteiger partial charge >= 0.3 is 0 Å². The third kappa shape index (κ3) is 1.83. The van der Waals surface area contributed by atoms with E-state index in [0.717, 1.165) is 11.3 Å². The molecule has 1 atom stereocenters. The molecule has 0 saturated heterocycles. The van der Waals surface area contributed by atoms with Crippen LogP contribution in [-0.4, -0.2) is 20.8 Å². The summed E-state index contributed by atoms with van der Waals surface area (Å²) in [5.41, 5.74) is 8.23. The number of hydrogen-bond donors (Lipinski definition) is 1. The van der Waals surface area contributed by atoms with Crippen LogP contribution in [0.1, 0.15) is 34.6 Å². The standard InChI is InChI=1S/C14H14N4O/c1-9-12-11(13(15)17-8-16-12)7-18(9)14(19)10-5-3-2-4-6-10/h2-6,8-9H,7H2,1H3,(H2,15,16,17). The second-order valence-electron chi connectivity index (χ2n) is 4.60. The summed E-state index contributed by atoms with van der Waals surface area (Å²) in [5.74, 6) is 0.450. The normalized spacial score (nSPS) is 17.3. The Morgan fingerprint density at radius 2 is 2.05 bits per heavy atom. The van der Waals surface area contributed by atoms with Gasteiger partial charge in [0.05, 0.1) is 18.3 Å². The van der Waals surface area contributed by atoms with Crippen LogP contribution in [0.5, 0.6) is 0 Å². The van der Waals surface area contributed by atoms with E-state index in [1.165, 1.54) is 6.33 Å². The molecule has 1 aliphatic heterocycles. The largest absolute Gasteiger partial charge is 0.383 e. The minimum absolute atomic E-state index is 0.00880. The van der Waals surface area contributed by atoms with Gasteiger partial charge in [-0.25, -0.2) is 9.97 Å². The predicted octanol–water partition coefficient (Wildman–Crippen LogP) is 1.78. The number of fused-ring (bicyclic) bond motifs is 1. The number of aromatic nitrogens is 2. The molecule has 5 nitrogen and oxygen atoms in total. The molecule has 3 rings (SSSR count). The molecule has 1 aromatic heterocycles. The number of carbonyl (C=O) groups is 1. The summed E-state index contributed by atoms with van der Waals surface area (Å²) in [6.07, 6.45) is 1.45. The summed E-state index contributed by atoms with van der Waals surface area (Å²) >= 11 is 0. The van der Waals surface area contributed by atoms with Crippen molar-refractivity contribution in [2.75, 3.05) is 5.73 Å². The number of benzene rings is 1. The maximum atomic E-state index is 12.5. The Balaban J connectivity index is 1.94. The molecule has 0 saturated carbocycles. The van der Waals surface area contributed by atoms with Crippen molar-refractivity contribution in [1.82, 2.24) is 14.9 Å². The summed E-state index contributed by atoms with van der Waals surface area (Å²) < 4.78 is 0. The lowest BCUT2D eigenvalue weighted by atomic mass is 10.1. The zero-order valence-electron chi connectivity index (χ0n) is 10.6. The fourth-order valence-corrected chi connectivity index (χ4v) is 2.41. The van der Waals surface area contributed by atoms with Gasteiger partial charge in [0.1, 0.15) is 12.1 Å². The summed E-state index contributed by atoms with van der Waals surface area (Å²) in [6, 6.07) is 9.15. The lowest BCUT2D eigenvalue weighted by molar-refractivity contribution is 0.0703. The second kappa shape index (κ2) is 4.35. The molecular formula is C14H14N4O. The summed E-state index contributed by atoms with van der Waals surface area (Å²) in [4.78, 5) is 22.5. The summed E-state index contributed by atoms with van der Waals surface area (Å²) in [5, 5.41) is 0. The molecule has 1 aromatic carbocycles. The Morgan fingerprint density at radius 1 is 1.32 bits per heavy atom. The van der Waals surface area contributed by atoms with E-state index in [1.807, 2.05) is 37.3 Å². The highest BCUT2D eigenvalue weighted by Crippen LogP contribution is 2.34. The highest BCUT2D eigenvalue weighted by atomic mass is 16.2. The van der Waals surface area contributed by atoms with Crippen LogP contribution in [0, 0.1) is 0 Å². The molecule has 1 aliphatic rings. The minimum atomic E-state index is -0.0759. The van der Waals surface area contributed by atoms with Crippen molar-refractivity contribution < 1.29 is 4.79 Å². The zero-order chi connectivity index (χ0) is 13.4. The first kappa shape index (κ1) is 11.6. The Hall–Kier alpha value is -2.43. The van der Waals surface area contributed by atoms with Gasteiger partial charge in [0.25, 0.3) is 5.91 Å². The predicted molar refractivity (Wildman–Crippen MR) is 71.2 cm³/mol. The van der Waals surface area contributed by atoms with Crippen molar-refractivity contribution >= 4 is 11.7 Å². The van der Waals surface area contributed by atoms with Crippen LogP contribution in [-0.2, 0) is 6.54 Å². The van der Waals surface area contributed by atoms with Crippen molar-refractivity contribution in [3.05, 3.63) is 53.5 Å². The van der Waals surface area contributed by atoms with Gasteiger partial charge in [0.15, 0.2) is 0 Å². The number of carbonyl (C=O) groups excluding carboxylic acids is 1. The van der Waals surface area contributed by atoms with Crippen LogP contribution in [0.15, 0.2) is 36.7 Å². The number of nitrogen functional groups attached to an aromatic ring is 1. The van der Waals surface area contributed by atoms with Gasteiger partial charge in [-0.1, -0.05) is 18.2 Å². The van der Waals surface area contributed by atoms with Crippen LogP contribution in [0.2, 0.25) is 0 Å². The molecular weight excluding hydrogens is 240 g/mol. The van der Waals surface area contributed by atoms with Crippen molar-refractivity contribution in [3.63, 3.8) is 0 Å². The molecule has 2 heterocycles. The fourth-order valence-electron chi connectivity index (χ4n) is 2.41. The molecule has 0 aliphatic carbocycles. The average Bonchev–Trinajstić information content (AvgIpc) is 2.78. The maximum absolute atomic E-state index is 12.5. The lowest BCUT2D eigenvalue weighted by Crippen LogP contribution is -2.28. The first-order chi connectivity index (χ1) is 9.18. The number of nitrogens with zero attached hydrogens (tertiary/aromatic N) is 3. The number of rotatable bonds is 1. The Bertz CT molecular complexity index is 627. The molecule has 0 fully saturated rings. The van der Waals surface area contributed by atoms with E-state index in [1.54, 1.807) is 4.90 Å². The van der Waals surface area contributed by atoms with Crippen molar-refractivity contribution in [2.45, 2.75) is 19.5 Å². The topological polar surface area (TPSA) is 72.1 Å². The van der Waals surface area contributed by atoms with Gasteiger partial charge in [-0.05, 0) is 19.1 Å². The van der Waals surface area contributed by atoms with Crippen LogP contribution in [0.25, 0.3) is 0 Å². The van der Waals surface area contributed by atoms with Crippen LogP contribution in [0.4, 0.5) is 5.82 Å². The van der Waals surface area contributed by atoms with Gasteiger partial charge in [-0.15, -0.1) is 0 Å². The quantitative estimate of drug-likeness (QED) is 0.842. The fraction of sp³-hybridized carbons (Fsp3) is 0.214. The average molecular weight is 254 g/mol. The van der Waals surface area contributed by atoms with E-state index in [4.69, 9.17) is 5.73 Å². The number of anilines is 1. The molecule has 1 unspecified atom stereocenters. The molecule has 0 bridgehead atoms. The van der Waals surface area contributed by atoms with E-state index in [-0.39, 0.29) is 11.9 Å². The summed E-state index contributed by atoms with van der Waals surface area (Å²) in [6.45, 7) is 2.43. The van der Waals surface area contributed by atoms with Gasteiger partial charge in [0, 0.05) is 11.1 Å². The van der Waals surface area contributed by atoms with Gasteiger partial charge in [0.2, 0.25) is 0 Å². The smallest absolute Gasteiger partial charge is 0.254 e. The van der Waals surface area contributed by atoms with Gasteiger partial charge in [-0.3, -0.25) is 4.79 Å². The number of amides is 1. The summed E-state index contributed by atoms with van der Waals surface area (Å²) in [7, 11) is 0. The SMILES string of the molecule is CC1c2ncnc(N)c2CN1C(=O)c1ccccc1. The Morgan fingerprint density at radius 3 is 2.74 bits per heavy atom. The molecule has 0 spiro atoms. The van der Waals surface area contributed by atoms with Crippen LogP contribution < -0.4 is 5.73 Å². The molecule has 2 aromatic rings. The molecule has 5 heteroatoms.